The van der Waals surface area contributed by atoms with E-state index in [1.807, 2.05) is 18.4 Å². The highest BCUT2D eigenvalue weighted by Gasteiger charge is 2.14. The SMILES string of the molecule is Cc1ccsc1C(=O)NCC(O)c1cc(Cl)cc(Cl)c1. The number of carbonyl (C=O) groups is 1. The van der Waals surface area contributed by atoms with Crippen molar-refractivity contribution in [3.8, 4) is 0 Å². The molecule has 0 aliphatic rings. The molecule has 0 spiro atoms. The zero-order valence-corrected chi connectivity index (χ0v) is 13.0. The highest BCUT2D eigenvalue weighted by Crippen LogP contribution is 2.23. The normalized spacial score (nSPS) is 12.2. The molecule has 1 amide bonds. The predicted molar refractivity (Wildman–Crippen MR) is 82.8 cm³/mol. The lowest BCUT2D eigenvalue weighted by molar-refractivity contribution is 0.0920. The van der Waals surface area contributed by atoms with Crippen molar-refractivity contribution in [1.82, 2.24) is 5.32 Å². The van der Waals surface area contributed by atoms with Gasteiger partial charge in [-0.15, -0.1) is 11.3 Å². The number of hydrogen-bond acceptors (Lipinski definition) is 3. The van der Waals surface area contributed by atoms with Crippen molar-refractivity contribution in [3.63, 3.8) is 0 Å². The molecule has 2 N–H and O–H groups in total. The molecule has 0 aliphatic carbocycles. The number of halogens is 2. The third-order valence-electron chi connectivity index (χ3n) is 2.79. The van der Waals surface area contributed by atoms with E-state index in [0.717, 1.165) is 5.56 Å². The molecule has 1 aromatic carbocycles. The topological polar surface area (TPSA) is 49.3 Å². The van der Waals surface area contributed by atoms with Gasteiger partial charge in [0.1, 0.15) is 0 Å². The molecule has 20 heavy (non-hydrogen) atoms. The number of nitrogens with one attached hydrogen (secondary N) is 1. The van der Waals surface area contributed by atoms with Crippen molar-refractivity contribution >= 4 is 40.4 Å². The summed E-state index contributed by atoms with van der Waals surface area (Å²) in [7, 11) is 0. The number of hydrogen-bond donors (Lipinski definition) is 2. The zero-order valence-electron chi connectivity index (χ0n) is 10.7. The molecule has 1 atom stereocenters. The average Bonchev–Trinajstić information content (AvgIpc) is 2.80. The molecule has 1 heterocycles. The molecule has 0 radical (unpaired) electrons. The molecular weight excluding hydrogens is 317 g/mol. The Morgan fingerprint density at radius 1 is 1.35 bits per heavy atom. The first-order valence-electron chi connectivity index (χ1n) is 5.93. The Labute approximate surface area is 131 Å². The summed E-state index contributed by atoms with van der Waals surface area (Å²) in [5.41, 5.74) is 1.50. The van der Waals surface area contributed by atoms with Crippen LogP contribution in [0.1, 0.15) is 26.9 Å². The molecule has 6 heteroatoms. The van der Waals surface area contributed by atoms with Crippen molar-refractivity contribution in [3.05, 3.63) is 55.7 Å². The van der Waals surface area contributed by atoms with Crippen LogP contribution >= 0.6 is 34.5 Å². The second kappa shape index (κ2) is 6.59. The van der Waals surface area contributed by atoms with E-state index in [1.54, 1.807) is 18.2 Å². The summed E-state index contributed by atoms with van der Waals surface area (Å²) in [6.07, 6.45) is -0.851. The van der Waals surface area contributed by atoms with E-state index in [0.29, 0.717) is 20.5 Å². The molecule has 106 valence electrons. The number of aryl methyl sites for hydroxylation is 1. The van der Waals surface area contributed by atoms with Crippen LogP contribution in [-0.2, 0) is 0 Å². The van der Waals surface area contributed by atoms with Gasteiger partial charge in [-0.3, -0.25) is 4.79 Å². The van der Waals surface area contributed by atoms with Crippen LogP contribution in [0.3, 0.4) is 0 Å². The van der Waals surface area contributed by atoms with E-state index >= 15 is 0 Å². The molecule has 3 nitrogen and oxygen atoms in total. The third kappa shape index (κ3) is 3.73. The van der Waals surface area contributed by atoms with Gasteiger partial charge in [0.05, 0.1) is 11.0 Å². The Hall–Kier alpha value is -1.07. The first-order valence-corrected chi connectivity index (χ1v) is 7.57. The van der Waals surface area contributed by atoms with E-state index in [-0.39, 0.29) is 12.5 Å². The standard InChI is InChI=1S/C14H13Cl2NO2S/c1-8-2-3-20-13(8)14(19)17-7-12(18)9-4-10(15)6-11(16)5-9/h2-6,12,18H,7H2,1H3,(H,17,19). The van der Waals surface area contributed by atoms with Crippen LogP contribution in [0.4, 0.5) is 0 Å². The van der Waals surface area contributed by atoms with E-state index in [4.69, 9.17) is 23.2 Å². The molecule has 0 fully saturated rings. The van der Waals surface area contributed by atoms with Gasteiger partial charge in [0.2, 0.25) is 0 Å². The number of thiophene rings is 1. The lowest BCUT2D eigenvalue weighted by Crippen LogP contribution is -2.28. The van der Waals surface area contributed by atoms with Crippen molar-refractivity contribution < 1.29 is 9.90 Å². The third-order valence-corrected chi connectivity index (χ3v) is 4.25. The average molecular weight is 330 g/mol. The van der Waals surface area contributed by atoms with E-state index in [9.17, 15) is 9.90 Å². The summed E-state index contributed by atoms with van der Waals surface area (Å²) < 4.78 is 0. The van der Waals surface area contributed by atoms with E-state index in [1.165, 1.54) is 11.3 Å². The van der Waals surface area contributed by atoms with Gasteiger partial charge < -0.3 is 10.4 Å². The van der Waals surface area contributed by atoms with Crippen LogP contribution in [0.15, 0.2) is 29.6 Å². The van der Waals surface area contributed by atoms with Crippen LogP contribution in [0.25, 0.3) is 0 Å². The first-order chi connectivity index (χ1) is 9.47. The van der Waals surface area contributed by atoms with Crippen LogP contribution < -0.4 is 5.32 Å². The minimum atomic E-state index is -0.851. The fourth-order valence-electron chi connectivity index (χ4n) is 1.76. The van der Waals surface area contributed by atoms with Gasteiger partial charge in [-0.05, 0) is 47.7 Å². The minimum Gasteiger partial charge on any atom is -0.387 e. The van der Waals surface area contributed by atoms with Crippen LogP contribution in [0.2, 0.25) is 10.0 Å². The molecule has 0 saturated heterocycles. The van der Waals surface area contributed by atoms with Crippen molar-refractivity contribution in [2.24, 2.45) is 0 Å². The minimum absolute atomic E-state index is 0.104. The second-order valence-electron chi connectivity index (χ2n) is 4.36. The second-order valence-corrected chi connectivity index (χ2v) is 6.15. The molecule has 2 rings (SSSR count). The molecule has 1 unspecified atom stereocenters. The molecule has 0 saturated carbocycles. The fourth-order valence-corrected chi connectivity index (χ4v) is 3.14. The summed E-state index contributed by atoms with van der Waals surface area (Å²) in [6.45, 7) is 1.98. The molecule has 0 bridgehead atoms. The Morgan fingerprint density at radius 2 is 2.00 bits per heavy atom. The number of aliphatic hydroxyl groups excluding tert-OH is 1. The number of amides is 1. The maximum Gasteiger partial charge on any atom is 0.261 e. The lowest BCUT2D eigenvalue weighted by atomic mass is 10.1. The van der Waals surface area contributed by atoms with E-state index < -0.39 is 6.10 Å². The Balaban J connectivity index is 2.00. The zero-order chi connectivity index (χ0) is 14.7. The number of benzene rings is 1. The maximum atomic E-state index is 11.9. The molecule has 2 aromatic rings. The number of rotatable bonds is 4. The fraction of sp³-hybridized carbons (Fsp3) is 0.214. The summed E-state index contributed by atoms with van der Waals surface area (Å²) in [5, 5.41) is 15.5. The summed E-state index contributed by atoms with van der Waals surface area (Å²) >= 11 is 13.1. The van der Waals surface area contributed by atoms with Gasteiger partial charge in [0.15, 0.2) is 0 Å². The van der Waals surface area contributed by atoms with Gasteiger partial charge in [-0.1, -0.05) is 23.2 Å². The highest BCUT2D eigenvalue weighted by molar-refractivity contribution is 7.12. The quantitative estimate of drug-likeness (QED) is 0.895. The van der Waals surface area contributed by atoms with Crippen molar-refractivity contribution in [2.45, 2.75) is 13.0 Å². The predicted octanol–water partition coefficient (Wildman–Crippen LogP) is 3.83. The Bertz CT molecular complexity index is 607. The van der Waals surface area contributed by atoms with Crippen LogP contribution in [0.5, 0.6) is 0 Å². The van der Waals surface area contributed by atoms with E-state index in [2.05, 4.69) is 5.32 Å². The van der Waals surface area contributed by atoms with Gasteiger partial charge in [-0.25, -0.2) is 0 Å². The van der Waals surface area contributed by atoms with Crippen molar-refractivity contribution in [1.29, 1.82) is 0 Å². The largest absolute Gasteiger partial charge is 0.387 e. The number of carbonyl (C=O) groups excluding carboxylic acids is 1. The highest BCUT2D eigenvalue weighted by atomic mass is 35.5. The lowest BCUT2D eigenvalue weighted by Gasteiger charge is -2.13. The maximum absolute atomic E-state index is 11.9. The molecule has 0 aliphatic heterocycles. The van der Waals surface area contributed by atoms with Gasteiger partial charge in [0, 0.05) is 16.6 Å². The monoisotopic (exact) mass is 329 g/mol. The molecular formula is C14H13Cl2NO2S. The Kier molecular flexibility index (Phi) is 5.05. The first kappa shape index (κ1) is 15.3. The smallest absolute Gasteiger partial charge is 0.261 e. The molecule has 1 aromatic heterocycles. The summed E-state index contributed by atoms with van der Waals surface area (Å²) in [4.78, 5) is 12.6. The Morgan fingerprint density at radius 3 is 2.55 bits per heavy atom. The number of aliphatic hydroxyl groups is 1. The van der Waals surface area contributed by atoms with Crippen LogP contribution in [-0.4, -0.2) is 17.6 Å². The van der Waals surface area contributed by atoms with Crippen LogP contribution in [0, 0.1) is 6.92 Å². The van der Waals surface area contributed by atoms with Gasteiger partial charge in [0.25, 0.3) is 5.91 Å². The summed E-state index contributed by atoms with van der Waals surface area (Å²) in [5.74, 6) is -0.190. The summed E-state index contributed by atoms with van der Waals surface area (Å²) in [6, 6.07) is 6.72. The van der Waals surface area contributed by atoms with Gasteiger partial charge in [-0.2, -0.15) is 0 Å². The van der Waals surface area contributed by atoms with Gasteiger partial charge >= 0.3 is 0 Å². The van der Waals surface area contributed by atoms with Crippen molar-refractivity contribution in [2.75, 3.05) is 6.54 Å².